The van der Waals surface area contributed by atoms with E-state index >= 15 is 0 Å². The molecule has 74 valence electrons. The van der Waals surface area contributed by atoms with Crippen molar-refractivity contribution < 1.29 is 0 Å². The second-order valence-electron chi connectivity index (χ2n) is 3.10. The van der Waals surface area contributed by atoms with E-state index in [0.717, 1.165) is 17.9 Å². The molecular weight excluding hydrogens is 180 g/mol. The van der Waals surface area contributed by atoms with Gasteiger partial charge in [0.1, 0.15) is 0 Å². The largest absolute Gasteiger partial charge is 0.336 e. The lowest BCUT2D eigenvalue weighted by Gasteiger charge is -2.03. The third kappa shape index (κ3) is 1.50. The second-order valence-corrected chi connectivity index (χ2v) is 3.10. The molecule has 0 aliphatic rings. The minimum absolute atomic E-state index is 0.673. The van der Waals surface area contributed by atoms with E-state index < -0.39 is 0 Å². The van der Waals surface area contributed by atoms with Crippen LogP contribution in [-0.4, -0.2) is 29.8 Å². The highest BCUT2D eigenvalue weighted by Crippen LogP contribution is 2.01. The van der Waals surface area contributed by atoms with Gasteiger partial charge in [0.2, 0.25) is 0 Å². The highest BCUT2D eigenvalue weighted by Gasteiger charge is 2.05. The molecule has 0 N–H and O–H groups in total. The first kappa shape index (κ1) is 8.86. The Morgan fingerprint density at radius 1 is 1.43 bits per heavy atom. The van der Waals surface area contributed by atoms with Crippen LogP contribution in [0.5, 0.6) is 0 Å². The van der Waals surface area contributed by atoms with Crippen molar-refractivity contribution in [3.8, 4) is 0 Å². The van der Waals surface area contributed by atoms with Crippen molar-refractivity contribution in [2.45, 2.75) is 19.9 Å². The van der Waals surface area contributed by atoms with Crippen LogP contribution < -0.4 is 0 Å². The van der Waals surface area contributed by atoms with Crippen LogP contribution in [0, 0.1) is 0 Å². The number of hydrogen-bond donors (Lipinski definition) is 0. The lowest BCUT2D eigenvalue weighted by molar-refractivity contribution is 0.597. The van der Waals surface area contributed by atoms with Crippen LogP contribution in [-0.2, 0) is 20.0 Å². The van der Waals surface area contributed by atoms with E-state index in [1.807, 2.05) is 24.7 Å². The van der Waals surface area contributed by atoms with Gasteiger partial charge in [-0.2, -0.15) is 0 Å². The van der Waals surface area contributed by atoms with E-state index in [4.69, 9.17) is 0 Å². The molecule has 0 spiro atoms. The Hall–Kier alpha value is -1.72. The van der Waals surface area contributed by atoms with E-state index in [9.17, 15) is 0 Å². The van der Waals surface area contributed by atoms with Gasteiger partial charge >= 0.3 is 0 Å². The summed E-state index contributed by atoms with van der Waals surface area (Å²) in [4.78, 5) is 4.04. The highest BCUT2D eigenvalue weighted by molar-refractivity contribution is 4.98. The predicted molar refractivity (Wildman–Crippen MR) is 49.5 cm³/mol. The molecule has 0 aliphatic heterocycles. The number of rotatable bonds is 3. The van der Waals surface area contributed by atoms with Gasteiger partial charge in [-0.1, -0.05) is 6.92 Å². The standard InChI is InChI=1S/C8H12N6/c1-3-8-10-11-12-14(8)5-7-4-9-6-13(7)2/h4,6H,3,5H2,1-2H3. The van der Waals surface area contributed by atoms with Gasteiger partial charge in [-0.05, 0) is 10.4 Å². The SMILES string of the molecule is CCc1nnnn1Cc1cncn1C. The number of hydrogen-bond acceptors (Lipinski definition) is 4. The van der Waals surface area contributed by atoms with Crippen LogP contribution in [0.1, 0.15) is 18.4 Å². The summed E-state index contributed by atoms with van der Waals surface area (Å²) in [6.45, 7) is 2.71. The van der Waals surface area contributed by atoms with Gasteiger partial charge in [0.15, 0.2) is 5.82 Å². The van der Waals surface area contributed by atoms with Crippen molar-refractivity contribution in [1.82, 2.24) is 29.8 Å². The maximum atomic E-state index is 4.04. The molecule has 6 heteroatoms. The van der Waals surface area contributed by atoms with E-state index in [-0.39, 0.29) is 0 Å². The van der Waals surface area contributed by atoms with Crippen molar-refractivity contribution in [3.63, 3.8) is 0 Å². The summed E-state index contributed by atoms with van der Waals surface area (Å²) in [6, 6.07) is 0. The minimum atomic E-state index is 0.673. The van der Waals surface area contributed by atoms with Gasteiger partial charge < -0.3 is 4.57 Å². The normalized spacial score (nSPS) is 10.7. The maximum absolute atomic E-state index is 4.04. The van der Waals surface area contributed by atoms with Gasteiger partial charge in [0, 0.05) is 13.5 Å². The molecule has 0 radical (unpaired) electrons. The van der Waals surface area contributed by atoms with Crippen molar-refractivity contribution in [1.29, 1.82) is 0 Å². The van der Waals surface area contributed by atoms with Crippen LogP contribution in [0.15, 0.2) is 12.5 Å². The molecule has 0 unspecified atom stereocenters. The summed E-state index contributed by atoms with van der Waals surface area (Å²) in [5.41, 5.74) is 1.09. The van der Waals surface area contributed by atoms with Crippen molar-refractivity contribution >= 4 is 0 Å². The van der Waals surface area contributed by atoms with E-state index in [1.54, 1.807) is 11.0 Å². The van der Waals surface area contributed by atoms with Crippen LogP contribution >= 0.6 is 0 Å². The zero-order valence-electron chi connectivity index (χ0n) is 8.25. The zero-order chi connectivity index (χ0) is 9.97. The van der Waals surface area contributed by atoms with E-state index in [0.29, 0.717) is 6.54 Å². The first-order valence-corrected chi connectivity index (χ1v) is 4.51. The van der Waals surface area contributed by atoms with E-state index in [2.05, 4.69) is 20.5 Å². The third-order valence-corrected chi connectivity index (χ3v) is 2.15. The van der Waals surface area contributed by atoms with Gasteiger partial charge in [-0.25, -0.2) is 9.67 Å². The summed E-state index contributed by atoms with van der Waals surface area (Å²) in [5, 5.41) is 11.5. The molecule has 2 aromatic heterocycles. The fourth-order valence-electron chi connectivity index (χ4n) is 1.29. The van der Waals surface area contributed by atoms with Gasteiger partial charge in [-0.3, -0.25) is 0 Å². The van der Waals surface area contributed by atoms with Crippen molar-refractivity contribution in [3.05, 3.63) is 24.0 Å². The molecule has 0 aliphatic carbocycles. The first-order valence-electron chi connectivity index (χ1n) is 4.51. The molecule has 6 nitrogen and oxygen atoms in total. The molecule has 14 heavy (non-hydrogen) atoms. The first-order chi connectivity index (χ1) is 6.81. The fourth-order valence-corrected chi connectivity index (χ4v) is 1.29. The second kappa shape index (κ2) is 3.57. The van der Waals surface area contributed by atoms with E-state index in [1.165, 1.54) is 0 Å². The molecule has 2 rings (SSSR count). The molecule has 0 amide bonds. The quantitative estimate of drug-likeness (QED) is 0.687. The smallest absolute Gasteiger partial charge is 0.151 e. The summed E-state index contributed by atoms with van der Waals surface area (Å²) >= 11 is 0. The Bertz CT molecular complexity index is 415. The summed E-state index contributed by atoms with van der Waals surface area (Å²) in [7, 11) is 1.96. The van der Waals surface area contributed by atoms with Gasteiger partial charge in [0.05, 0.1) is 24.8 Å². The lowest BCUT2D eigenvalue weighted by Crippen LogP contribution is -2.09. The number of aryl methyl sites for hydroxylation is 2. The number of tetrazole rings is 1. The molecule has 0 atom stereocenters. The monoisotopic (exact) mass is 192 g/mol. The van der Waals surface area contributed by atoms with Crippen LogP contribution in [0.4, 0.5) is 0 Å². The zero-order valence-corrected chi connectivity index (χ0v) is 8.25. The molecule has 2 heterocycles. The molecule has 0 fully saturated rings. The topological polar surface area (TPSA) is 61.4 Å². The molecule has 0 saturated heterocycles. The Balaban J connectivity index is 2.22. The minimum Gasteiger partial charge on any atom is -0.336 e. The van der Waals surface area contributed by atoms with Crippen molar-refractivity contribution in [2.75, 3.05) is 0 Å². The number of imidazole rings is 1. The van der Waals surface area contributed by atoms with Crippen LogP contribution in [0.2, 0.25) is 0 Å². The Kier molecular flexibility index (Phi) is 2.26. The summed E-state index contributed by atoms with van der Waals surface area (Å²) in [5.74, 6) is 0.895. The molecule has 0 aromatic carbocycles. The predicted octanol–water partition coefficient (Wildman–Crippen LogP) is 0.0173. The Labute approximate surface area is 81.6 Å². The molecule has 0 bridgehead atoms. The third-order valence-electron chi connectivity index (χ3n) is 2.15. The fraction of sp³-hybridized carbons (Fsp3) is 0.500. The molecule has 2 aromatic rings. The summed E-state index contributed by atoms with van der Waals surface area (Å²) in [6.07, 6.45) is 4.43. The lowest BCUT2D eigenvalue weighted by atomic mass is 10.4. The van der Waals surface area contributed by atoms with Crippen molar-refractivity contribution in [2.24, 2.45) is 7.05 Å². The van der Waals surface area contributed by atoms with Crippen LogP contribution in [0.25, 0.3) is 0 Å². The summed E-state index contributed by atoms with van der Waals surface area (Å²) < 4.78 is 3.75. The Morgan fingerprint density at radius 3 is 2.93 bits per heavy atom. The van der Waals surface area contributed by atoms with Gasteiger partial charge in [0.25, 0.3) is 0 Å². The maximum Gasteiger partial charge on any atom is 0.151 e. The average molecular weight is 192 g/mol. The number of aromatic nitrogens is 6. The van der Waals surface area contributed by atoms with Gasteiger partial charge in [-0.15, -0.1) is 5.10 Å². The molecule has 0 saturated carbocycles. The molecular formula is C8H12N6. The van der Waals surface area contributed by atoms with Crippen LogP contribution in [0.3, 0.4) is 0 Å². The highest BCUT2D eigenvalue weighted by atomic mass is 15.5. The number of nitrogens with zero attached hydrogens (tertiary/aromatic N) is 6. The average Bonchev–Trinajstić information content (AvgIpc) is 2.77. The Morgan fingerprint density at radius 2 is 2.29 bits per heavy atom.